The van der Waals surface area contributed by atoms with Crippen molar-refractivity contribution in [1.29, 1.82) is 0 Å². The first-order chi connectivity index (χ1) is 7.97. The maximum atomic E-state index is 4.94. The third kappa shape index (κ3) is 3.21. The van der Waals surface area contributed by atoms with Crippen LogP contribution in [0.2, 0.25) is 0 Å². The summed E-state index contributed by atoms with van der Waals surface area (Å²) in [4.78, 5) is 0. The van der Waals surface area contributed by atoms with E-state index in [0.717, 1.165) is 24.5 Å². The van der Waals surface area contributed by atoms with Crippen LogP contribution in [0.15, 0.2) is 47.2 Å². The van der Waals surface area contributed by atoms with Gasteiger partial charge in [0.25, 0.3) is 0 Å². The summed E-state index contributed by atoms with van der Waals surface area (Å²) in [6.07, 6.45) is 4.13. The fourth-order valence-corrected chi connectivity index (χ4v) is 1.48. The first-order valence-corrected chi connectivity index (χ1v) is 5.50. The summed E-state index contributed by atoms with van der Waals surface area (Å²) in [6, 6.07) is 11.8. The molecule has 1 fully saturated rings. The molecular weight excluding hydrogens is 202 g/mol. The van der Waals surface area contributed by atoms with Crippen LogP contribution in [0.25, 0.3) is 11.3 Å². The Morgan fingerprint density at radius 2 is 1.69 bits per heavy atom. The quantitative estimate of drug-likeness (QED) is 0.736. The van der Waals surface area contributed by atoms with Crippen molar-refractivity contribution in [3.63, 3.8) is 0 Å². The van der Waals surface area contributed by atoms with Crippen molar-refractivity contribution in [2.24, 2.45) is 0 Å². The molecule has 0 spiro atoms. The molecular formula is C13H15NO2. The van der Waals surface area contributed by atoms with Gasteiger partial charge in [0.2, 0.25) is 0 Å². The Balaban J connectivity index is 0.000000162. The SMILES string of the molecule is C1CCOC1.c1ccc(-c2ccon2)cc1. The molecule has 0 unspecified atom stereocenters. The first-order valence-electron chi connectivity index (χ1n) is 5.50. The lowest BCUT2D eigenvalue weighted by Crippen LogP contribution is -1.74. The fraction of sp³-hybridized carbons (Fsp3) is 0.308. The van der Waals surface area contributed by atoms with E-state index in [9.17, 15) is 0 Å². The van der Waals surface area contributed by atoms with Crippen LogP contribution in [0.3, 0.4) is 0 Å². The highest BCUT2D eigenvalue weighted by atomic mass is 16.5. The molecule has 3 rings (SSSR count). The van der Waals surface area contributed by atoms with Crippen LogP contribution in [-0.4, -0.2) is 18.4 Å². The average molecular weight is 217 g/mol. The maximum Gasteiger partial charge on any atom is 0.124 e. The Bertz CT molecular complexity index is 372. The molecule has 84 valence electrons. The zero-order valence-electron chi connectivity index (χ0n) is 9.13. The van der Waals surface area contributed by atoms with Crippen LogP contribution in [0.4, 0.5) is 0 Å². The van der Waals surface area contributed by atoms with E-state index in [1.807, 2.05) is 36.4 Å². The highest BCUT2D eigenvalue weighted by Gasteiger charge is 1.97. The van der Waals surface area contributed by atoms with Crippen molar-refractivity contribution in [1.82, 2.24) is 5.16 Å². The van der Waals surface area contributed by atoms with E-state index < -0.39 is 0 Å². The molecule has 1 aliphatic rings. The van der Waals surface area contributed by atoms with Gasteiger partial charge in [-0.2, -0.15) is 0 Å². The summed E-state index contributed by atoms with van der Waals surface area (Å²) in [5.41, 5.74) is 1.96. The smallest absolute Gasteiger partial charge is 0.124 e. The monoisotopic (exact) mass is 217 g/mol. The highest BCUT2D eigenvalue weighted by molar-refractivity contribution is 5.57. The van der Waals surface area contributed by atoms with E-state index in [0.29, 0.717) is 0 Å². The van der Waals surface area contributed by atoms with Gasteiger partial charge in [-0.25, -0.2) is 0 Å². The number of nitrogens with zero attached hydrogens (tertiary/aromatic N) is 1. The molecule has 3 heteroatoms. The number of benzene rings is 1. The predicted octanol–water partition coefficient (Wildman–Crippen LogP) is 3.14. The van der Waals surface area contributed by atoms with Crippen LogP contribution in [-0.2, 0) is 4.74 Å². The van der Waals surface area contributed by atoms with E-state index in [2.05, 4.69) is 5.16 Å². The topological polar surface area (TPSA) is 35.3 Å². The van der Waals surface area contributed by atoms with Gasteiger partial charge in [0.15, 0.2) is 0 Å². The van der Waals surface area contributed by atoms with Crippen molar-refractivity contribution in [3.8, 4) is 11.3 Å². The van der Waals surface area contributed by atoms with Gasteiger partial charge >= 0.3 is 0 Å². The summed E-state index contributed by atoms with van der Waals surface area (Å²) in [5.74, 6) is 0. The molecule has 0 radical (unpaired) electrons. The van der Waals surface area contributed by atoms with Crippen molar-refractivity contribution >= 4 is 0 Å². The van der Waals surface area contributed by atoms with Gasteiger partial charge in [-0.1, -0.05) is 35.5 Å². The number of hydrogen-bond acceptors (Lipinski definition) is 3. The lowest BCUT2D eigenvalue weighted by molar-refractivity contribution is 0.198. The van der Waals surface area contributed by atoms with Crippen LogP contribution in [0, 0.1) is 0 Å². The van der Waals surface area contributed by atoms with Gasteiger partial charge in [0.05, 0.1) is 0 Å². The van der Waals surface area contributed by atoms with Crippen LogP contribution >= 0.6 is 0 Å². The van der Waals surface area contributed by atoms with Crippen LogP contribution in [0.5, 0.6) is 0 Å². The molecule has 0 bridgehead atoms. The second kappa shape index (κ2) is 6.08. The molecule has 0 N–H and O–H groups in total. The molecule has 1 saturated heterocycles. The molecule has 0 amide bonds. The van der Waals surface area contributed by atoms with Crippen LogP contribution < -0.4 is 0 Å². The summed E-state index contributed by atoms with van der Waals surface area (Å²) in [6.45, 7) is 2.00. The largest absolute Gasteiger partial charge is 0.381 e. The normalized spacial score (nSPS) is 14.2. The van der Waals surface area contributed by atoms with E-state index in [-0.39, 0.29) is 0 Å². The standard InChI is InChI=1S/C9H7NO.C4H8O/c1-2-4-8(5-3-1)9-6-7-11-10-9;1-2-4-5-3-1/h1-7H;1-4H2. The van der Waals surface area contributed by atoms with Gasteiger partial charge in [-0.05, 0) is 12.8 Å². The van der Waals surface area contributed by atoms with Gasteiger partial charge in [-0.3, -0.25) is 0 Å². The Morgan fingerprint density at radius 3 is 2.19 bits per heavy atom. The van der Waals surface area contributed by atoms with Crippen LogP contribution in [0.1, 0.15) is 12.8 Å². The van der Waals surface area contributed by atoms with E-state index in [4.69, 9.17) is 9.26 Å². The Kier molecular flexibility index (Phi) is 4.14. The molecule has 0 atom stereocenters. The average Bonchev–Trinajstić information content (AvgIpc) is 3.07. The molecule has 0 aliphatic carbocycles. The zero-order valence-corrected chi connectivity index (χ0v) is 9.13. The minimum atomic E-state index is 0.880. The highest BCUT2D eigenvalue weighted by Crippen LogP contribution is 2.14. The maximum absolute atomic E-state index is 4.94. The number of aromatic nitrogens is 1. The summed E-state index contributed by atoms with van der Waals surface area (Å²) in [7, 11) is 0. The minimum Gasteiger partial charge on any atom is -0.381 e. The van der Waals surface area contributed by atoms with Crippen molar-refractivity contribution in [3.05, 3.63) is 42.7 Å². The first kappa shape index (κ1) is 10.9. The summed E-state index contributed by atoms with van der Waals surface area (Å²) in [5, 5.41) is 3.81. The Hall–Kier alpha value is -1.61. The Morgan fingerprint density at radius 1 is 0.938 bits per heavy atom. The minimum absolute atomic E-state index is 0.880. The molecule has 3 nitrogen and oxygen atoms in total. The van der Waals surface area contributed by atoms with Gasteiger partial charge < -0.3 is 9.26 Å². The van der Waals surface area contributed by atoms with Crippen molar-refractivity contribution in [2.75, 3.05) is 13.2 Å². The van der Waals surface area contributed by atoms with Gasteiger partial charge in [-0.15, -0.1) is 0 Å². The zero-order chi connectivity index (χ0) is 11.1. The number of rotatable bonds is 1. The molecule has 2 heterocycles. The van der Waals surface area contributed by atoms with E-state index in [1.54, 1.807) is 6.26 Å². The lowest BCUT2D eigenvalue weighted by atomic mass is 10.2. The Labute approximate surface area is 95.0 Å². The second-order valence-electron chi connectivity index (χ2n) is 3.57. The summed E-state index contributed by atoms with van der Waals surface area (Å²) >= 11 is 0. The van der Waals surface area contributed by atoms with Crippen molar-refractivity contribution in [2.45, 2.75) is 12.8 Å². The number of ether oxygens (including phenoxy) is 1. The molecule has 0 saturated carbocycles. The third-order valence-electron chi connectivity index (χ3n) is 2.33. The van der Waals surface area contributed by atoms with Gasteiger partial charge in [0, 0.05) is 24.8 Å². The lowest BCUT2D eigenvalue weighted by Gasteiger charge is -1.90. The summed E-state index contributed by atoms with van der Waals surface area (Å²) < 4.78 is 9.66. The third-order valence-corrected chi connectivity index (χ3v) is 2.33. The molecule has 1 aromatic carbocycles. The van der Waals surface area contributed by atoms with Crippen molar-refractivity contribution < 1.29 is 9.26 Å². The molecule has 1 aromatic heterocycles. The fourth-order valence-electron chi connectivity index (χ4n) is 1.48. The number of hydrogen-bond donors (Lipinski definition) is 0. The molecule has 16 heavy (non-hydrogen) atoms. The predicted molar refractivity (Wildman–Crippen MR) is 62.0 cm³/mol. The molecule has 2 aromatic rings. The van der Waals surface area contributed by atoms with E-state index in [1.165, 1.54) is 12.8 Å². The molecule has 1 aliphatic heterocycles. The van der Waals surface area contributed by atoms with Gasteiger partial charge in [0.1, 0.15) is 12.0 Å². The van der Waals surface area contributed by atoms with E-state index >= 15 is 0 Å². The second-order valence-corrected chi connectivity index (χ2v) is 3.57.